The number of hydrogen-bond donors (Lipinski definition) is 1. The molecule has 5 rings (SSSR count). The van der Waals surface area contributed by atoms with E-state index >= 15 is 0 Å². The predicted molar refractivity (Wildman–Crippen MR) is 112 cm³/mol. The van der Waals surface area contributed by atoms with Crippen molar-refractivity contribution >= 4 is 23.7 Å². The Hall–Kier alpha value is -2.97. The van der Waals surface area contributed by atoms with E-state index in [1.54, 1.807) is 23.0 Å². The second-order valence-electron chi connectivity index (χ2n) is 8.85. The van der Waals surface area contributed by atoms with Crippen molar-refractivity contribution < 1.29 is 23.9 Å². The molecule has 1 atom stereocenters. The second kappa shape index (κ2) is 7.62. The average molecular weight is 428 g/mol. The summed E-state index contributed by atoms with van der Waals surface area (Å²) in [5, 5.41) is 2.92. The minimum Gasteiger partial charge on any atom is -0.497 e. The van der Waals surface area contributed by atoms with Crippen LogP contribution in [0, 0.1) is 5.92 Å². The maximum Gasteiger partial charge on any atom is 0.410 e. The van der Waals surface area contributed by atoms with Crippen molar-refractivity contribution in [2.24, 2.45) is 5.92 Å². The summed E-state index contributed by atoms with van der Waals surface area (Å²) >= 11 is 0. The number of methoxy groups -OCH3 is 1. The minimum atomic E-state index is -0.633. The molecule has 1 N–H and O–H groups in total. The first-order chi connectivity index (χ1) is 15.0. The van der Waals surface area contributed by atoms with E-state index in [9.17, 15) is 14.4 Å². The molecular formula is C22H28N4O5. The Labute approximate surface area is 181 Å². The number of piperazine rings is 1. The first kappa shape index (κ1) is 20.0. The summed E-state index contributed by atoms with van der Waals surface area (Å²) in [6.07, 6.45) is 2.90. The molecule has 1 aromatic carbocycles. The molecule has 1 aromatic rings. The van der Waals surface area contributed by atoms with Gasteiger partial charge in [0.25, 0.3) is 0 Å². The zero-order chi connectivity index (χ0) is 21.6. The number of piperidine rings is 1. The number of carbonyl (C=O) groups excluding carboxylic acids is 3. The van der Waals surface area contributed by atoms with Crippen molar-refractivity contribution in [2.75, 3.05) is 45.2 Å². The van der Waals surface area contributed by atoms with Crippen LogP contribution in [-0.4, -0.2) is 84.2 Å². The molecule has 4 aliphatic rings. The fraction of sp³-hybridized carbons (Fsp3) is 0.591. The van der Waals surface area contributed by atoms with E-state index in [0.717, 1.165) is 12.8 Å². The molecule has 3 aliphatic heterocycles. The van der Waals surface area contributed by atoms with Gasteiger partial charge < -0.3 is 24.6 Å². The molecule has 0 bridgehead atoms. The quantitative estimate of drug-likeness (QED) is 0.797. The summed E-state index contributed by atoms with van der Waals surface area (Å²) in [6, 6.07) is 6.82. The van der Waals surface area contributed by atoms with Gasteiger partial charge in [-0.1, -0.05) is 6.07 Å². The molecule has 1 saturated carbocycles. The molecule has 1 aliphatic carbocycles. The van der Waals surface area contributed by atoms with Crippen LogP contribution in [0.2, 0.25) is 0 Å². The molecule has 1 unspecified atom stereocenters. The van der Waals surface area contributed by atoms with E-state index in [-0.39, 0.29) is 30.0 Å². The highest BCUT2D eigenvalue weighted by Gasteiger charge is 2.57. The number of benzene rings is 1. The number of anilines is 1. The summed E-state index contributed by atoms with van der Waals surface area (Å²) in [5.74, 6) is 1.10. The minimum absolute atomic E-state index is 0.192. The van der Waals surface area contributed by atoms with Crippen molar-refractivity contribution in [3.63, 3.8) is 0 Å². The van der Waals surface area contributed by atoms with Gasteiger partial charge in [-0.2, -0.15) is 0 Å². The van der Waals surface area contributed by atoms with Crippen LogP contribution in [0.3, 0.4) is 0 Å². The normalized spacial score (nSPS) is 24.6. The fourth-order valence-corrected chi connectivity index (χ4v) is 4.97. The molecule has 4 amide bonds. The van der Waals surface area contributed by atoms with E-state index in [0.29, 0.717) is 57.0 Å². The van der Waals surface area contributed by atoms with Crippen LogP contribution in [0.5, 0.6) is 5.75 Å². The maximum absolute atomic E-state index is 12.9. The van der Waals surface area contributed by atoms with Crippen LogP contribution in [0.4, 0.5) is 15.3 Å². The molecular weight excluding hydrogens is 400 g/mol. The number of rotatable bonds is 3. The van der Waals surface area contributed by atoms with Gasteiger partial charge >= 0.3 is 12.1 Å². The van der Waals surface area contributed by atoms with Crippen molar-refractivity contribution in [1.82, 2.24) is 14.7 Å². The Bertz CT molecular complexity index is 894. The highest BCUT2D eigenvalue weighted by atomic mass is 16.6. The van der Waals surface area contributed by atoms with E-state index in [4.69, 9.17) is 9.47 Å². The number of urea groups is 1. The highest BCUT2D eigenvalue weighted by molar-refractivity contribution is 5.90. The van der Waals surface area contributed by atoms with E-state index in [1.807, 2.05) is 23.1 Å². The molecule has 4 fully saturated rings. The molecule has 9 nitrogen and oxygen atoms in total. The van der Waals surface area contributed by atoms with Gasteiger partial charge in [0.1, 0.15) is 11.4 Å². The lowest BCUT2D eigenvalue weighted by Gasteiger charge is -2.45. The Morgan fingerprint density at radius 3 is 2.61 bits per heavy atom. The second-order valence-corrected chi connectivity index (χ2v) is 8.85. The molecule has 3 saturated heterocycles. The van der Waals surface area contributed by atoms with Gasteiger partial charge in [-0.15, -0.1) is 0 Å². The maximum atomic E-state index is 12.9. The van der Waals surface area contributed by atoms with Crippen LogP contribution >= 0.6 is 0 Å². The van der Waals surface area contributed by atoms with Crippen molar-refractivity contribution in [2.45, 2.75) is 37.3 Å². The summed E-state index contributed by atoms with van der Waals surface area (Å²) in [6.45, 7) is 2.51. The molecule has 0 aromatic heterocycles. The van der Waals surface area contributed by atoms with Crippen LogP contribution in [0.25, 0.3) is 0 Å². The number of ether oxygens (including phenoxy) is 2. The highest BCUT2D eigenvalue weighted by Crippen LogP contribution is 2.41. The third kappa shape index (κ3) is 3.66. The number of amides is 4. The first-order valence-corrected chi connectivity index (χ1v) is 11.0. The largest absolute Gasteiger partial charge is 0.497 e. The standard InChI is InChI=1S/C22H28N4O5/c1-30-17-4-2-3-16(13-17)23-20(28)25-11-12-26-18(14-25)22(31-21(26)29)7-9-24(10-8-22)19(27)15-5-6-15/h2-4,13,15,18H,5-12,14H2,1H3,(H,23,28). The van der Waals surface area contributed by atoms with Gasteiger partial charge in [-0.25, -0.2) is 9.59 Å². The zero-order valence-electron chi connectivity index (χ0n) is 17.7. The Kier molecular flexibility index (Phi) is 4.91. The number of fused-ring (bicyclic) bond motifs is 2. The van der Waals surface area contributed by atoms with Crippen LogP contribution in [0.15, 0.2) is 24.3 Å². The van der Waals surface area contributed by atoms with Gasteiger partial charge in [0, 0.05) is 63.2 Å². The average Bonchev–Trinajstić information content (AvgIpc) is 3.60. The van der Waals surface area contributed by atoms with Crippen molar-refractivity contribution in [1.29, 1.82) is 0 Å². The summed E-state index contributed by atoms with van der Waals surface area (Å²) < 4.78 is 11.1. The number of hydrogen-bond acceptors (Lipinski definition) is 5. The Morgan fingerprint density at radius 1 is 1.13 bits per heavy atom. The van der Waals surface area contributed by atoms with Gasteiger partial charge in [-0.05, 0) is 25.0 Å². The van der Waals surface area contributed by atoms with Gasteiger partial charge in [0.15, 0.2) is 0 Å². The number of nitrogens with one attached hydrogen (secondary N) is 1. The lowest BCUT2D eigenvalue weighted by Crippen LogP contribution is -2.62. The predicted octanol–water partition coefficient (Wildman–Crippen LogP) is 2.13. The van der Waals surface area contributed by atoms with Crippen molar-refractivity contribution in [3.05, 3.63) is 24.3 Å². The molecule has 166 valence electrons. The first-order valence-electron chi connectivity index (χ1n) is 11.0. The monoisotopic (exact) mass is 428 g/mol. The zero-order valence-corrected chi connectivity index (χ0v) is 17.7. The van der Waals surface area contributed by atoms with E-state index < -0.39 is 5.60 Å². The summed E-state index contributed by atoms with van der Waals surface area (Å²) in [4.78, 5) is 43.3. The van der Waals surface area contributed by atoms with E-state index in [1.165, 1.54) is 0 Å². The molecule has 1 spiro atoms. The third-order valence-corrected chi connectivity index (χ3v) is 6.97. The number of nitrogens with zero attached hydrogens (tertiary/aromatic N) is 3. The summed E-state index contributed by atoms with van der Waals surface area (Å²) in [7, 11) is 1.58. The van der Waals surface area contributed by atoms with Gasteiger partial charge in [0.2, 0.25) is 5.91 Å². The lowest BCUT2D eigenvalue weighted by molar-refractivity contribution is -0.136. The molecule has 31 heavy (non-hydrogen) atoms. The van der Waals surface area contributed by atoms with Crippen LogP contribution in [-0.2, 0) is 9.53 Å². The molecule has 3 heterocycles. The van der Waals surface area contributed by atoms with Crippen LogP contribution in [0.1, 0.15) is 25.7 Å². The third-order valence-electron chi connectivity index (χ3n) is 6.97. The Morgan fingerprint density at radius 2 is 1.90 bits per heavy atom. The Balaban J connectivity index is 1.26. The number of likely N-dealkylation sites (tertiary alicyclic amines) is 1. The lowest BCUT2D eigenvalue weighted by atomic mass is 9.83. The van der Waals surface area contributed by atoms with Crippen molar-refractivity contribution in [3.8, 4) is 5.75 Å². The van der Waals surface area contributed by atoms with Crippen LogP contribution < -0.4 is 10.1 Å². The van der Waals surface area contributed by atoms with Gasteiger partial charge in [-0.3, -0.25) is 9.69 Å². The fourth-order valence-electron chi connectivity index (χ4n) is 4.97. The topological polar surface area (TPSA) is 91.4 Å². The number of carbonyl (C=O) groups is 3. The summed E-state index contributed by atoms with van der Waals surface area (Å²) in [5.41, 5.74) is 0.0268. The van der Waals surface area contributed by atoms with Gasteiger partial charge in [0.05, 0.1) is 13.2 Å². The van der Waals surface area contributed by atoms with E-state index in [2.05, 4.69) is 5.32 Å². The molecule has 0 radical (unpaired) electrons. The SMILES string of the molecule is COc1cccc(NC(=O)N2CCN3C(=O)OC4(CCN(C(=O)C5CC5)CC4)C3C2)c1. The molecule has 9 heteroatoms. The smallest absolute Gasteiger partial charge is 0.410 e.